The molecule has 0 bridgehead atoms. The first-order valence-electron chi connectivity index (χ1n) is 6.58. The van der Waals surface area contributed by atoms with Gasteiger partial charge in [0.1, 0.15) is 15.9 Å². The molecule has 25 heavy (non-hydrogen) atoms. The number of hydrogen-bond donors (Lipinski definition) is 0. The maximum Gasteiger partial charge on any atom is 1.00 e. The van der Waals surface area contributed by atoms with Gasteiger partial charge in [0, 0.05) is 5.02 Å². The number of nitrogens with zero attached hydrogens (tertiary/aromatic N) is 1. The van der Waals surface area contributed by atoms with Gasteiger partial charge in [-0.3, -0.25) is 9.59 Å². The topological polar surface area (TPSA) is 94.6 Å². The predicted molar refractivity (Wildman–Crippen MR) is 81.3 cm³/mol. The summed E-state index contributed by atoms with van der Waals surface area (Å²) >= 11 is 5.92. The Hall–Kier alpha value is -1.29. The molecule has 1 aliphatic heterocycles. The molecule has 0 fully saturated rings. The summed E-state index contributed by atoms with van der Waals surface area (Å²) < 4.78 is 46.2. The molecule has 0 spiro atoms. The van der Waals surface area contributed by atoms with Crippen molar-refractivity contribution in [3.05, 3.63) is 58.4 Å². The van der Waals surface area contributed by atoms with Crippen LogP contribution in [-0.4, -0.2) is 24.7 Å². The second kappa shape index (κ2) is 7.14. The van der Waals surface area contributed by atoms with Gasteiger partial charge in [-0.25, -0.2) is 12.8 Å². The molecule has 0 saturated carbocycles. The molecular formula is C15H8ClFNNaO5S. The van der Waals surface area contributed by atoms with Crippen molar-refractivity contribution >= 4 is 39.1 Å². The summed E-state index contributed by atoms with van der Waals surface area (Å²) in [5.41, 5.74) is 0.403. The number of amides is 1. The predicted octanol–water partition coefficient (Wildman–Crippen LogP) is -0.883. The Morgan fingerprint density at radius 2 is 1.80 bits per heavy atom. The molecule has 1 aliphatic rings. The summed E-state index contributed by atoms with van der Waals surface area (Å²) in [7, 11) is -4.75. The number of Topliss-reactive ketones (excluding diaryl/α,β-unsaturated/α-hetero) is 1. The summed E-state index contributed by atoms with van der Waals surface area (Å²) in [4.78, 5) is 24.7. The zero-order chi connectivity index (χ0) is 17.6. The molecule has 10 heteroatoms. The van der Waals surface area contributed by atoms with Crippen LogP contribution in [-0.2, 0) is 21.5 Å². The van der Waals surface area contributed by atoms with E-state index in [1.54, 1.807) is 0 Å². The zero-order valence-corrected chi connectivity index (χ0v) is 16.4. The van der Waals surface area contributed by atoms with Gasteiger partial charge in [0.25, 0.3) is 11.7 Å². The summed E-state index contributed by atoms with van der Waals surface area (Å²) in [6, 6.07) is 6.73. The largest absolute Gasteiger partial charge is 1.00 e. The minimum atomic E-state index is -4.75. The molecule has 2 aromatic carbocycles. The second-order valence-corrected chi connectivity index (χ2v) is 6.88. The zero-order valence-electron chi connectivity index (χ0n) is 12.8. The number of halogens is 2. The van der Waals surface area contributed by atoms with Crippen LogP contribution in [0, 0.1) is 5.82 Å². The van der Waals surface area contributed by atoms with Gasteiger partial charge in [0.2, 0.25) is 0 Å². The van der Waals surface area contributed by atoms with Crippen molar-refractivity contribution in [1.82, 2.24) is 0 Å². The molecule has 1 amide bonds. The van der Waals surface area contributed by atoms with Crippen LogP contribution in [0.4, 0.5) is 10.1 Å². The third-order valence-corrected chi connectivity index (χ3v) is 4.76. The summed E-state index contributed by atoms with van der Waals surface area (Å²) in [6.07, 6.45) is 0. The van der Waals surface area contributed by atoms with E-state index < -0.39 is 32.5 Å². The maximum absolute atomic E-state index is 13.1. The van der Waals surface area contributed by atoms with Crippen molar-refractivity contribution in [2.75, 3.05) is 4.90 Å². The Bertz CT molecular complexity index is 995. The van der Waals surface area contributed by atoms with E-state index in [0.717, 1.165) is 29.2 Å². The van der Waals surface area contributed by atoms with Crippen LogP contribution in [0.15, 0.2) is 41.3 Å². The molecule has 0 saturated heterocycles. The molecule has 0 aromatic heterocycles. The number of carbonyl (C=O) groups is 2. The number of benzene rings is 2. The van der Waals surface area contributed by atoms with E-state index in [-0.39, 0.29) is 52.4 Å². The van der Waals surface area contributed by atoms with Gasteiger partial charge in [-0.05, 0) is 35.9 Å². The van der Waals surface area contributed by atoms with Crippen LogP contribution < -0.4 is 34.5 Å². The molecule has 0 unspecified atom stereocenters. The number of anilines is 1. The molecule has 0 N–H and O–H groups in total. The monoisotopic (exact) mass is 391 g/mol. The number of fused-ring (bicyclic) bond motifs is 1. The van der Waals surface area contributed by atoms with Gasteiger partial charge < -0.3 is 9.45 Å². The quantitative estimate of drug-likeness (QED) is 0.384. The maximum atomic E-state index is 13.1. The number of carbonyl (C=O) groups excluding carboxylic acids is 2. The summed E-state index contributed by atoms with van der Waals surface area (Å²) in [6.45, 7) is -0.0971. The van der Waals surface area contributed by atoms with Gasteiger partial charge in [-0.1, -0.05) is 17.7 Å². The van der Waals surface area contributed by atoms with E-state index in [1.807, 2.05) is 0 Å². The third-order valence-electron chi connectivity index (χ3n) is 3.58. The fourth-order valence-corrected chi connectivity index (χ4v) is 3.14. The molecular weight excluding hydrogens is 384 g/mol. The number of rotatable bonds is 3. The van der Waals surface area contributed by atoms with E-state index in [4.69, 9.17) is 11.6 Å². The first kappa shape index (κ1) is 20.0. The van der Waals surface area contributed by atoms with Crippen LogP contribution >= 0.6 is 11.6 Å². The minimum absolute atomic E-state index is 0. The Labute approximate surface area is 169 Å². The Kier molecular flexibility index (Phi) is 5.72. The smallest absolute Gasteiger partial charge is 0.744 e. The van der Waals surface area contributed by atoms with E-state index in [2.05, 4.69) is 0 Å². The fraction of sp³-hybridized carbons (Fsp3) is 0.0667. The van der Waals surface area contributed by atoms with Crippen LogP contribution in [0.25, 0.3) is 0 Å². The fourth-order valence-electron chi connectivity index (χ4n) is 2.41. The first-order valence-corrected chi connectivity index (χ1v) is 8.37. The second-order valence-electron chi connectivity index (χ2n) is 5.09. The first-order chi connectivity index (χ1) is 11.2. The third kappa shape index (κ3) is 3.79. The molecule has 124 valence electrons. The Morgan fingerprint density at radius 3 is 2.40 bits per heavy atom. The minimum Gasteiger partial charge on any atom is -0.744 e. The van der Waals surface area contributed by atoms with Gasteiger partial charge in [-0.15, -0.1) is 0 Å². The van der Waals surface area contributed by atoms with Crippen molar-refractivity contribution in [2.45, 2.75) is 11.4 Å². The van der Waals surface area contributed by atoms with Gasteiger partial charge in [-0.2, -0.15) is 0 Å². The van der Waals surface area contributed by atoms with Gasteiger partial charge in [0.15, 0.2) is 0 Å². The van der Waals surface area contributed by atoms with Gasteiger partial charge in [0.05, 0.1) is 22.7 Å². The van der Waals surface area contributed by atoms with Crippen LogP contribution in [0.3, 0.4) is 0 Å². The Morgan fingerprint density at radius 1 is 1.12 bits per heavy atom. The molecule has 2 aromatic rings. The molecule has 0 aliphatic carbocycles. The molecule has 0 radical (unpaired) electrons. The van der Waals surface area contributed by atoms with E-state index in [0.29, 0.717) is 5.56 Å². The average molecular weight is 392 g/mol. The van der Waals surface area contributed by atoms with Crippen molar-refractivity contribution in [3.63, 3.8) is 0 Å². The van der Waals surface area contributed by atoms with E-state index in [9.17, 15) is 27.0 Å². The molecule has 1 heterocycles. The SMILES string of the molecule is O=C1C(=O)N(Cc2ccc(F)cc2Cl)c2ccc(S(=O)(=O)[O-])cc21.[Na+]. The Balaban J connectivity index is 0.00000225. The van der Waals surface area contributed by atoms with Crippen molar-refractivity contribution < 1.29 is 56.5 Å². The number of hydrogen-bond acceptors (Lipinski definition) is 5. The van der Waals surface area contributed by atoms with Crippen LogP contribution in [0.5, 0.6) is 0 Å². The summed E-state index contributed by atoms with van der Waals surface area (Å²) in [5, 5.41) is 0.0856. The standard InChI is InChI=1S/C15H9ClFNO5S.Na/c16-12-5-9(17)2-1-8(12)7-18-13-4-3-10(24(21,22)23)6-11(13)14(19)15(18)20;/h1-6H,7H2,(H,21,22,23);/q;+1/p-1. The van der Waals surface area contributed by atoms with Crippen LogP contribution in [0.1, 0.15) is 15.9 Å². The van der Waals surface area contributed by atoms with Crippen molar-refractivity contribution in [3.8, 4) is 0 Å². The van der Waals surface area contributed by atoms with E-state index >= 15 is 0 Å². The molecule has 6 nitrogen and oxygen atoms in total. The van der Waals surface area contributed by atoms with Crippen molar-refractivity contribution in [2.24, 2.45) is 0 Å². The molecule has 0 atom stereocenters. The summed E-state index contributed by atoms with van der Waals surface area (Å²) in [5.74, 6) is -2.35. The van der Waals surface area contributed by atoms with Crippen LogP contribution in [0.2, 0.25) is 5.02 Å². The van der Waals surface area contributed by atoms with Crippen molar-refractivity contribution in [1.29, 1.82) is 0 Å². The average Bonchev–Trinajstić information content (AvgIpc) is 2.73. The van der Waals surface area contributed by atoms with Gasteiger partial charge >= 0.3 is 29.6 Å². The number of ketones is 1. The normalized spacial score (nSPS) is 13.6. The van der Waals surface area contributed by atoms with E-state index in [1.165, 1.54) is 12.1 Å². The molecule has 3 rings (SSSR count).